The fourth-order valence-corrected chi connectivity index (χ4v) is 5.29. The van der Waals surface area contributed by atoms with Gasteiger partial charge >= 0.3 is 0 Å². The second kappa shape index (κ2) is 9.74. The van der Waals surface area contributed by atoms with Crippen LogP contribution in [0, 0.1) is 35.0 Å². The number of hydrogen-bond donors (Lipinski definition) is 1. The fourth-order valence-electron chi connectivity index (χ4n) is 3.80. The first-order valence-corrected chi connectivity index (χ1v) is 11.9. The van der Waals surface area contributed by atoms with Crippen molar-refractivity contribution in [3.8, 4) is 0 Å². The predicted molar refractivity (Wildman–Crippen MR) is 114 cm³/mol. The normalized spacial score (nSPS) is 15.3. The Labute approximate surface area is 197 Å². The van der Waals surface area contributed by atoms with Gasteiger partial charge in [0.1, 0.15) is 0 Å². The highest BCUT2D eigenvalue weighted by Crippen LogP contribution is 2.26. The van der Waals surface area contributed by atoms with Gasteiger partial charge in [0.15, 0.2) is 29.1 Å². The van der Waals surface area contributed by atoms with Crippen molar-refractivity contribution in [2.24, 2.45) is 5.92 Å². The number of aromatic nitrogens is 2. The lowest BCUT2D eigenvalue weighted by Gasteiger charge is -2.30. The minimum Gasteiger partial charge on any atom is -0.309 e. The molecule has 35 heavy (non-hydrogen) atoms. The Morgan fingerprint density at radius 1 is 0.914 bits per heavy atom. The summed E-state index contributed by atoms with van der Waals surface area (Å²) in [5.74, 6) is -11.2. The number of amides is 1. The first-order valence-electron chi connectivity index (χ1n) is 10.5. The van der Waals surface area contributed by atoms with E-state index in [-0.39, 0.29) is 36.6 Å². The van der Waals surface area contributed by atoms with Crippen LogP contribution in [0.25, 0.3) is 0 Å². The van der Waals surface area contributed by atoms with E-state index >= 15 is 0 Å². The second-order valence-corrected chi connectivity index (χ2v) is 9.87. The van der Waals surface area contributed by atoms with Gasteiger partial charge in [0.25, 0.3) is 0 Å². The molecule has 1 aliphatic heterocycles. The molecule has 1 aromatic heterocycles. The van der Waals surface area contributed by atoms with Gasteiger partial charge in [0, 0.05) is 31.3 Å². The van der Waals surface area contributed by atoms with Gasteiger partial charge < -0.3 is 5.32 Å². The molecule has 1 aliphatic rings. The maximum Gasteiger partial charge on any atom is 0.243 e. The van der Waals surface area contributed by atoms with E-state index in [1.807, 2.05) is 0 Å². The molecule has 1 fully saturated rings. The van der Waals surface area contributed by atoms with Crippen LogP contribution in [0.15, 0.2) is 47.5 Å². The standard InChI is InChI=1S/C22H19F5N4O3S/c23-17-15(18(24)20(26)21(27)19(17)25)12-30-9-8-16(29-30)28-22(32)13-6-10-31(11-7-13)35(33,34)14-4-2-1-3-5-14/h1-5,8-9,13H,6-7,10-12H2,(H,28,29,32). The fraction of sp³-hybridized carbons (Fsp3) is 0.273. The van der Waals surface area contributed by atoms with Gasteiger partial charge in [-0.1, -0.05) is 18.2 Å². The molecule has 186 valence electrons. The summed E-state index contributed by atoms with van der Waals surface area (Å²) in [6.07, 6.45) is 1.75. The van der Waals surface area contributed by atoms with E-state index in [0.717, 1.165) is 4.68 Å². The van der Waals surface area contributed by atoms with E-state index in [2.05, 4.69) is 10.4 Å². The van der Waals surface area contributed by atoms with Gasteiger partial charge in [-0.3, -0.25) is 9.48 Å². The third-order valence-corrected chi connectivity index (χ3v) is 7.63. The maximum absolute atomic E-state index is 13.9. The minimum absolute atomic E-state index is 0.0122. The van der Waals surface area contributed by atoms with Crippen LogP contribution < -0.4 is 5.32 Å². The molecule has 13 heteroatoms. The molecular weight excluding hydrogens is 495 g/mol. The number of anilines is 1. The van der Waals surface area contributed by atoms with Gasteiger partial charge in [0.05, 0.1) is 17.0 Å². The molecule has 4 rings (SSSR count). The van der Waals surface area contributed by atoms with E-state index < -0.39 is 63.0 Å². The lowest BCUT2D eigenvalue weighted by molar-refractivity contribution is -0.120. The average Bonchev–Trinajstić information content (AvgIpc) is 3.31. The van der Waals surface area contributed by atoms with Crippen molar-refractivity contribution >= 4 is 21.7 Å². The Bertz CT molecular complexity index is 1330. The van der Waals surface area contributed by atoms with Crippen LogP contribution in [0.4, 0.5) is 27.8 Å². The third-order valence-electron chi connectivity index (χ3n) is 5.72. The van der Waals surface area contributed by atoms with Crippen molar-refractivity contribution in [3.05, 3.63) is 77.2 Å². The molecule has 0 saturated carbocycles. The molecule has 0 spiro atoms. The number of hydrogen-bond acceptors (Lipinski definition) is 4. The summed E-state index contributed by atoms with van der Waals surface area (Å²) in [5.41, 5.74) is -1.06. The molecule has 1 amide bonds. The number of carbonyl (C=O) groups is 1. The molecule has 0 bridgehead atoms. The zero-order valence-electron chi connectivity index (χ0n) is 18.0. The molecule has 1 saturated heterocycles. The summed E-state index contributed by atoms with van der Waals surface area (Å²) >= 11 is 0. The second-order valence-electron chi connectivity index (χ2n) is 7.93. The molecular formula is C22H19F5N4O3S. The molecule has 3 aromatic rings. The Hall–Kier alpha value is -3.32. The quantitative estimate of drug-likeness (QED) is 0.309. The molecule has 2 aromatic carbocycles. The Morgan fingerprint density at radius 3 is 2.09 bits per heavy atom. The van der Waals surface area contributed by atoms with E-state index in [1.54, 1.807) is 18.2 Å². The topological polar surface area (TPSA) is 84.3 Å². The van der Waals surface area contributed by atoms with Crippen molar-refractivity contribution in [2.75, 3.05) is 18.4 Å². The highest BCUT2D eigenvalue weighted by Gasteiger charge is 2.32. The molecule has 1 N–H and O–H groups in total. The van der Waals surface area contributed by atoms with Crippen molar-refractivity contribution in [1.82, 2.24) is 14.1 Å². The van der Waals surface area contributed by atoms with Crippen LogP contribution in [-0.4, -0.2) is 41.5 Å². The van der Waals surface area contributed by atoms with Crippen molar-refractivity contribution in [3.63, 3.8) is 0 Å². The predicted octanol–water partition coefficient (Wildman–Crippen LogP) is 3.67. The highest BCUT2D eigenvalue weighted by atomic mass is 32.2. The van der Waals surface area contributed by atoms with E-state index in [9.17, 15) is 35.2 Å². The van der Waals surface area contributed by atoms with Crippen LogP contribution in [0.1, 0.15) is 18.4 Å². The zero-order chi connectivity index (χ0) is 25.3. The van der Waals surface area contributed by atoms with Crippen molar-refractivity contribution in [1.29, 1.82) is 0 Å². The number of nitrogens with zero attached hydrogens (tertiary/aromatic N) is 3. The minimum atomic E-state index is -3.66. The van der Waals surface area contributed by atoms with Crippen molar-refractivity contribution < 1.29 is 35.2 Å². The smallest absolute Gasteiger partial charge is 0.243 e. The lowest BCUT2D eigenvalue weighted by atomic mass is 9.97. The van der Waals surface area contributed by atoms with Crippen LogP contribution in [-0.2, 0) is 21.4 Å². The van der Waals surface area contributed by atoms with Gasteiger partial charge in [0.2, 0.25) is 21.7 Å². The van der Waals surface area contributed by atoms with Gasteiger partial charge in [-0.25, -0.2) is 30.4 Å². The number of halogens is 5. The monoisotopic (exact) mass is 514 g/mol. The van der Waals surface area contributed by atoms with Crippen LogP contribution in [0.5, 0.6) is 0 Å². The summed E-state index contributed by atoms with van der Waals surface area (Å²) in [6, 6.07) is 9.25. The van der Waals surface area contributed by atoms with Gasteiger partial charge in [-0.2, -0.15) is 9.40 Å². The summed E-state index contributed by atoms with van der Waals surface area (Å²) in [6.45, 7) is -0.467. The summed E-state index contributed by atoms with van der Waals surface area (Å²) in [7, 11) is -3.66. The largest absolute Gasteiger partial charge is 0.309 e. The van der Waals surface area contributed by atoms with E-state index in [1.165, 1.54) is 28.7 Å². The number of rotatable bonds is 6. The SMILES string of the molecule is O=C(Nc1ccn(Cc2c(F)c(F)c(F)c(F)c2F)n1)C1CCN(S(=O)(=O)c2ccccc2)CC1. The van der Waals surface area contributed by atoms with E-state index in [0.29, 0.717) is 0 Å². The number of nitrogens with one attached hydrogen (secondary N) is 1. The first kappa shape index (κ1) is 24.8. The maximum atomic E-state index is 13.9. The average molecular weight is 514 g/mol. The van der Waals surface area contributed by atoms with Gasteiger partial charge in [-0.15, -0.1) is 0 Å². The molecule has 0 unspecified atom stereocenters. The zero-order valence-corrected chi connectivity index (χ0v) is 18.8. The molecule has 2 heterocycles. The number of carbonyl (C=O) groups excluding carboxylic acids is 1. The highest BCUT2D eigenvalue weighted by molar-refractivity contribution is 7.89. The molecule has 7 nitrogen and oxygen atoms in total. The lowest BCUT2D eigenvalue weighted by Crippen LogP contribution is -2.41. The summed E-state index contributed by atoms with van der Waals surface area (Å²) in [4.78, 5) is 12.8. The Kier molecular flexibility index (Phi) is 6.90. The van der Waals surface area contributed by atoms with E-state index in [4.69, 9.17) is 0 Å². The van der Waals surface area contributed by atoms with Crippen LogP contribution >= 0.6 is 0 Å². The Balaban J connectivity index is 1.38. The third kappa shape index (κ3) is 4.91. The van der Waals surface area contributed by atoms with Crippen molar-refractivity contribution in [2.45, 2.75) is 24.3 Å². The van der Waals surface area contributed by atoms with Crippen LogP contribution in [0.3, 0.4) is 0 Å². The molecule has 0 atom stereocenters. The summed E-state index contributed by atoms with van der Waals surface area (Å²) < 4.78 is 95.4. The number of piperidine rings is 1. The number of benzene rings is 2. The van der Waals surface area contributed by atoms with Crippen LogP contribution in [0.2, 0.25) is 0 Å². The van der Waals surface area contributed by atoms with Gasteiger partial charge in [-0.05, 0) is 25.0 Å². The molecule has 0 radical (unpaired) electrons. The number of sulfonamides is 1. The Morgan fingerprint density at radius 2 is 1.49 bits per heavy atom. The first-order chi connectivity index (χ1) is 16.6. The summed E-state index contributed by atoms with van der Waals surface area (Å²) in [5, 5.41) is 6.43. The molecule has 0 aliphatic carbocycles.